The molecule has 0 aromatic heterocycles. The molecule has 2 heteroatoms. The van der Waals surface area contributed by atoms with E-state index in [0.29, 0.717) is 0 Å². The summed E-state index contributed by atoms with van der Waals surface area (Å²) in [7, 11) is 0. The van der Waals surface area contributed by atoms with Crippen LogP contribution >= 0.6 is 0 Å². The molecule has 0 saturated heterocycles. The molecule has 0 atom stereocenters. The molecule has 0 fully saturated rings. The Bertz CT molecular complexity index is 236. The first-order valence-corrected chi connectivity index (χ1v) is 5.76. The van der Waals surface area contributed by atoms with Crippen LogP contribution < -0.4 is 5.32 Å². The molecule has 84 valence electrons. The zero-order chi connectivity index (χ0) is 10.8. The molecule has 0 spiro atoms. The van der Waals surface area contributed by atoms with E-state index in [1.807, 2.05) is 6.07 Å². The molecule has 0 aliphatic carbocycles. The van der Waals surface area contributed by atoms with Gasteiger partial charge in [-0.2, -0.15) is 0 Å². The zero-order valence-electron chi connectivity index (χ0n) is 9.54. The van der Waals surface area contributed by atoms with E-state index in [1.165, 1.54) is 5.56 Å². The predicted octanol–water partition coefficient (Wildman–Crippen LogP) is 2.59. The molecule has 1 aromatic rings. The Morgan fingerprint density at radius 1 is 1.13 bits per heavy atom. The normalized spacial score (nSPS) is 10.5. The van der Waals surface area contributed by atoms with Crippen molar-refractivity contribution in [2.45, 2.75) is 26.3 Å². The van der Waals surface area contributed by atoms with Crippen molar-refractivity contribution in [3.63, 3.8) is 0 Å². The molecule has 15 heavy (non-hydrogen) atoms. The van der Waals surface area contributed by atoms with Crippen LogP contribution in [0.4, 0.5) is 0 Å². The second kappa shape index (κ2) is 8.45. The van der Waals surface area contributed by atoms with Crippen molar-refractivity contribution in [1.29, 1.82) is 0 Å². The van der Waals surface area contributed by atoms with E-state index in [1.54, 1.807) is 0 Å². The van der Waals surface area contributed by atoms with Crippen molar-refractivity contribution < 1.29 is 4.74 Å². The molecule has 0 saturated carbocycles. The molecule has 0 heterocycles. The van der Waals surface area contributed by atoms with E-state index < -0.39 is 0 Å². The van der Waals surface area contributed by atoms with Crippen molar-refractivity contribution in [1.82, 2.24) is 5.32 Å². The summed E-state index contributed by atoms with van der Waals surface area (Å²) in [6.07, 6.45) is 2.20. The minimum atomic E-state index is 0.871. The molecule has 0 bridgehead atoms. The smallest absolute Gasteiger partial charge is 0.0478 e. The van der Waals surface area contributed by atoms with Gasteiger partial charge >= 0.3 is 0 Å². The minimum absolute atomic E-state index is 0.871. The van der Waals surface area contributed by atoms with Gasteiger partial charge in [-0.15, -0.1) is 0 Å². The highest BCUT2D eigenvalue weighted by atomic mass is 16.5. The van der Waals surface area contributed by atoms with Crippen LogP contribution in [0.2, 0.25) is 0 Å². The first kappa shape index (κ1) is 12.2. The summed E-state index contributed by atoms with van der Waals surface area (Å²) in [6, 6.07) is 10.5. The van der Waals surface area contributed by atoms with Crippen molar-refractivity contribution in [2.75, 3.05) is 19.8 Å². The van der Waals surface area contributed by atoms with Gasteiger partial charge in [-0.3, -0.25) is 0 Å². The molecule has 0 unspecified atom stereocenters. The van der Waals surface area contributed by atoms with Gasteiger partial charge in [0.2, 0.25) is 0 Å². The molecule has 0 amide bonds. The van der Waals surface area contributed by atoms with Crippen molar-refractivity contribution in [3.05, 3.63) is 35.9 Å². The fourth-order valence-corrected chi connectivity index (χ4v) is 1.37. The molecule has 1 N–H and O–H groups in total. The van der Waals surface area contributed by atoms with E-state index in [9.17, 15) is 0 Å². The molecule has 0 aliphatic rings. The number of benzene rings is 1. The fraction of sp³-hybridized carbons (Fsp3) is 0.538. The fourth-order valence-electron chi connectivity index (χ4n) is 1.37. The highest BCUT2D eigenvalue weighted by Crippen LogP contribution is 1.96. The van der Waals surface area contributed by atoms with Gasteiger partial charge in [-0.1, -0.05) is 37.3 Å². The maximum Gasteiger partial charge on any atom is 0.0478 e. The monoisotopic (exact) mass is 207 g/mol. The standard InChI is InChI=1S/C13H21NO/c1-2-10-15-11-6-9-14-12-13-7-4-3-5-8-13/h3-5,7-8,14H,2,6,9-12H2,1H3. The topological polar surface area (TPSA) is 21.3 Å². The van der Waals surface area contributed by atoms with Crippen LogP contribution in [0.5, 0.6) is 0 Å². The summed E-state index contributed by atoms with van der Waals surface area (Å²) in [5.74, 6) is 0. The first-order valence-electron chi connectivity index (χ1n) is 5.76. The maximum absolute atomic E-state index is 5.40. The second-order valence-corrected chi connectivity index (χ2v) is 3.63. The lowest BCUT2D eigenvalue weighted by molar-refractivity contribution is 0.132. The van der Waals surface area contributed by atoms with Crippen LogP contribution in [0.1, 0.15) is 25.3 Å². The van der Waals surface area contributed by atoms with E-state index in [-0.39, 0.29) is 0 Å². The van der Waals surface area contributed by atoms with Crippen LogP contribution in [0.3, 0.4) is 0 Å². The number of nitrogens with one attached hydrogen (secondary N) is 1. The molecule has 1 rings (SSSR count). The van der Waals surface area contributed by atoms with Crippen LogP contribution in [0.15, 0.2) is 30.3 Å². The summed E-state index contributed by atoms with van der Waals surface area (Å²) in [5, 5.41) is 3.40. The highest BCUT2D eigenvalue weighted by molar-refractivity contribution is 5.14. The lowest BCUT2D eigenvalue weighted by atomic mass is 10.2. The minimum Gasteiger partial charge on any atom is -0.381 e. The third-order valence-electron chi connectivity index (χ3n) is 2.16. The van der Waals surface area contributed by atoms with E-state index >= 15 is 0 Å². The van der Waals surface area contributed by atoms with Gasteiger partial charge in [0.1, 0.15) is 0 Å². The Morgan fingerprint density at radius 2 is 1.93 bits per heavy atom. The van der Waals surface area contributed by atoms with Gasteiger partial charge in [-0.05, 0) is 24.9 Å². The summed E-state index contributed by atoms with van der Waals surface area (Å²) < 4.78 is 5.40. The molecular weight excluding hydrogens is 186 g/mol. The second-order valence-electron chi connectivity index (χ2n) is 3.63. The third kappa shape index (κ3) is 6.26. The lowest BCUT2D eigenvalue weighted by Gasteiger charge is -2.05. The third-order valence-corrected chi connectivity index (χ3v) is 2.16. The number of hydrogen-bond acceptors (Lipinski definition) is 2. The van der Waals surface area contributed by atoms with Gasteiger partial charge in [0.05, 0.1) is 0 Å². The van der Waals surface area contributed by atoms with Crippen molar-refractivity contribution in [2.24, 2.45) is 0 Å². The van der Waals surface area contributed by atoms with Gasteiger partial charge in [-0.25, -0.2) is 0 Å². The quantitative estimate of drug-likeness (QED) is 0.662. The van der Waals surface area contributed by atoms with Crippen LogP contribution in [0.25, 0.3) is 0 Å². The molecular formula is C13H21NO. The highest BCUT2D eigenvalue weighted by Gasteiger charge is 1.91. The van der Waals surface area contributed by atoms with Crippen LogP contribution in [-0.2, 0) is 11.3 Å². The molecule has 2 nitrogen and oxygen atoms in total. The first-order chi connectivity index (χ1) is 7.43. The average molecular weight is 207 g/mol. The average Bonchev–Trinajstić information content (AvgIpc) is 2.29. The summed E-state index contributed by atoms with van der Waals surface area (Å²) >= 11 is 0. The van der Waals surface area contributed by atoms with Gasteiger partial charge in [0.25, 0.3) is 0 Å². The van der Waals surface area contributed by atoms with E-state index in [2.05, 4.69) is 36.5 Å². The number of hydrogen-bond donors (Lipinski definition) is 1. The Kier molecular flexibility index (Phi) is 6.88. The molecule has 1 aromatic carbocycles. The van der Waals surface area contributed by atoms with Crippen LogP contribution in [-0.4, -0.2) is 19.8 Å². The predicted molar refractivity (Wildman–Crippen MR) is 63.9 cm³/mol. The van der Waals surface area contributed by atoms with Gasteiger partial charge in [0, 0.05) is 19.8 Å². The Morgan fingerprint density at radius 3 is 2.67 bits per heavy atom. The van der Waals surface area contributed by atoms with Crippen LogP contribution in [0, 0.1) is 0 Å². The summed E-state index contributed by atoms with van der Waals surface area (Å²) in [5.41, 5.74) is 1.34. The van der Waals surface area contributed by atoms with Gasteiger partial charge < -0.3 is 10.1 Å². The Labute approximate surface area is 92.6 Å². The maximum atomic E-state index is 5.40. The van der Waals surface area contributed by atoms with E-state index in [0.717, 1.165) is 39.1 Å². The summed E-state index contributed by atoms with van der Waals surface area (Å²) in [6.45, 7) is 5.87. The van der Waals surface area contributed by atoms with Gasteiger partial charge in [0.15, 0.2) is 0 Å². The summed E-state index contributed by atoms with van der Waals surface area (Å²) in [4.78, 5) is 0. The largest absolute Gasteiger partial charge is 0.381 e. The Hall–Kier alpha value is -0.860. The van der Waals surface area contributed by atoms with Crippen molar-refractivity contribution >= 4 is 0 Å². The lowest BCUT2D eigenvalue weighted by Crippen LogP contribution is -2.16. The number of rotatable bonds is 8. The molecule has 0 radical (unpaired) electrons. The van der Waals surface area contributed by atoms with E-state index in [4.69, 9.17) is 4.74 Å². The Balaban J connectivity index is 1.93. The number of ether oxygens (including phenoxy) is 1. The van der Waals surface area contributed by atoms with Crippen molar-refractivity contribution in [3.8, 4) is 0 Å². The molecule has 0 aliphatic heterocycles. The SMILES string of the molecule is CCCOCCCNCc1ccccc1. The zero-order valence-corrected chi connectivity index (χ0v) is 9.54.